The number of nitrogens with one attached hydrogen (secondary N) is 1. The summed E-state index contributed by atoms with van der Waals surface area (Å²) < 4.78 is 0. The Labute approximate surface area is 102 Å². The lowest BCUT2D eigenvalue weighted by molar-refractivity contribution is -0.118. The molecule has 0 spiro atoms. The van der Waals surface area contributed by atoms with Crippen molar-refractivity contribution in [2.24, 2.45) is 11.7 Å². The van der Waals surface area contributed by atoms with Gasteiger partial charge in [-0.05, 0) is 24.6 Å². The van der Waals surface area contributed by atoms with Crippen LogP contribution in [-0.2, 0) is 4.79 Å². The molecule has 0 fully saturated rings. The van der Waals surface area contributed by atoms with Gasteiger partial charge in [0.05, 0.1) is 12.2 Å². The van der Waals surface area contributed by atoms with E-state index in [1.54, 1.807) is 0 Å². The van der Waals surface area contributed by atoms with Crippen molar-refractivity contribution in [3.8, 4) is 11.8 Å². The molecule has 1 rings (SSSR count). The summed E-state index contributed by atoms with van der Waals surface area (Å²) >= 11 is 0. The maximum atomic E-state index is 11.7. The van der Waals surface area contributed by atoms with Gasteiger partial charge in [0.15, 0.2) is 0 Å². The second-order valence-electron chi connectivity index (χ2n) is 4.20. The molecule has 0 aliphatic rings. The van der Waals surface area contributed by atoms with Gasteiger partial charge in [-0.3, -0.25) is 4.79 Å². The summed E-state index contributed by atoms with van der Waals surface area (Å²) in [6, 6.07) is 5.78. The van der Waals surface area contributed by atoms with Crippen LogP contribution in [0.25, 0.3) is 0 Å². The van der Waals surface area contributed by atoms with Gasteiger partial charge in [0.25, 0.3) is 0 Å². The van der Waals surface area contributed by atoms with Gasteiger partial charge >= 0.3 is 0 Å². The molecule has 0 unspecified atom stereocenters. The predicted octanol–water partition coefficient (Wildman–Crippen LogP) is 1.90. The minimum Gasteiger partial charge on any atom is -0.325 e. The number of rotatable bonds is 2. The van der Waals surface area contributed by atoms with Crippen LogP contribution in [0, 0.1) is 24.7 Å². The molecule has 17 heavy (non-hydrogen) atoms. The zero-order valence-corrected chi connectivity index (χ0v) is 10.5. The highest BCUT2D eigenvalue weighted by Crippen LogP contribution is 2.17. The topological polar surface area (TPSA) is 55.1 Å². The molecular weight excluding hydrogens is 212 g/mol. The van der Waals surface area contributed by atoms with Crippen LogP contribution in [0.1, 0.15) is 25.0 Å². The van der Waals surface area contributed by atoms with E-state index in [9.17, 15) is 4.79 Å². The molecule has 1 aromatic rings. The van der Waals surface area contributed by atoms with Crippen LogP contribution < -0.4 is 11.1 Å². The predicted molar refractivity (Wildman–Crippen MR) is 70.6 cm³/mol. The molecule has 90 valence electrons. The van der Waals surface area contributed by atoms with Crippen LogP contribution in [0.3, 0.4) is 0 Å². The molecule has 3 nitrogen and oxygen atoms in total. The first-order valence-corrected chi connectivity index (χ1v) is 5.65. The number of amides is 1. The molecule has 1 amide bonds. The quantitative estimate of drug-likeness (QED) is 0.762. The van der Waals surface area contributed by atoms with E-state index in [1.165, 1.54) is 0 Å². The van der Waals surface area contributed by atoms with E-state index in [0.717, 1.165) is 16.8 Å². The Hall–Kier alpha value is -1.79. The molecule has 0 aliphatic heterocycles. The fraction of sp³-hybridized carbons (Fsp3) is 0.357. The lowest BCUT2D eigenvalue weighted by Gasteiger charge is -2.10. The molecule has 3 heteroatoms. The second-order valence-corrected chi connectivity index (χ2v) is 4.20. The molecule has 0 saturated heterocycles. The molecule has 3 N–H and O–H groups in total. The van der Waals surface area contributed by atoms with Gasteiger partial charge < -0.3 is 11.1 Å². The molecule has 0 atom stereocenters. The second kappa shape index (κ2) is 6.07. The van der Waals surface area contributed by atoms with Crippen LogP contribution >= 0.6 is 0 Å². The molecule has 0 aromatic heterocycles. The summed E-state index contributed by atoms with van der Waals surface area (Å²) in [5.74, 6) is 5.69. The summed E-state index contributed by atoms with van der Waals surface area (Å²) in [7, 11) is 0. The van der Waals surface area contributed by atoms with E-state index < -0.39 is 0 Å². The Morgan fingerprint density at radius 3 is 2.76 bits per heavy atom. The van der Waals surface area contributed by atoms with E-state index in [2.05, 4.69) is 17.2 Å². The lowest BCUT2D eigenvalue weighted by atomic mass is 10.1. The van der Waals surface area contributed by atoms with Gasteiger partial charge in [0.2, 0.25) is 5.91 Å². The van der Waals surface area contributed by atoms with E-state index in [4.69, 9.17) is 5.73 Å². The number of anilines is 1. The number of carbonyl (C=O) groups excluding carboxylic acids is 1. The summed E-state index contributed by atoms with van der Waals surface area (Å²) in [5, 5.41) is 2.88. The van der Waals surface area contributed by atoms with E-state index >= 15 is 0 Å². The summed E-state index contributed by atoms with van der Waals surface area (Å²) in [6.45, 7) is 6.00. The molecule has 1 aromatic carbocycles. The van der Waals surface area contributed by atoms with Crippen molar-refractivity contribution in [1.29, 1.82) is 0 Å². The number of hydrogen-bond donors (Lipinski definition) is 2. The Morgan fingerprint density at radius 1 is 1.47 bits per heavy atom. The third-order valence-electron chi connectivity index (χ3n) is 2.28. The van der Waals surface area contributed by atoms with Crippen LogP contribution in [0.5, 0.6) is 0 Å². The monoisotopic (exact) mass is 230 g/mol. The van der Waals surface area contributed by atoms with Crippen molar-refractivity contribution >= 4 is 11.6 Å². The van der Waals surface area contributed by atoms with Crippen molar-refractivity contribution < 1.29 is 4.79 Å². The van der Waals surface area contributed by atoms with Gasteiger partial charge in [-0.2, -0.15) is 0 Å². The fourth-order valence-electron chi connectivity index (χ4n) is 1.29. The maximum Gasteiger partial charge on any atom is 0.226 e. The largest absolute Gasteiger partial charge is 0.325 e. The number of benzene rings is 1. The number of aryl methyl sites for hydroxylation is 1. The Morgan fingerprint density at radius 2 is 2.18 bits per heavy atom. The van der Waals surface area contributed by atoms with Gasteiger partial charge in [-0.15, -0.1) is 0 Å². The Kier molecular flexibility index (Phi) is 4.74. The van der Waals surface area contributed by atoms with E-state index in [1.807, 2.05) is 39.0 Å². The molecule has 0 aliphatic carbocycles. The highest BCUT2D eigenvalue weighted by molar-refractivity contribution is 5.93. The van der Waals surface area contributed by atoms with Crippen LogP contribution in [-0.4, -0.2) is 12.5 Å². The Bertz CT molecular complexity index is 467. The van der Waals surface area contributed by atoms with Crippen molar-refractivity contribution in [2.45, 2.75) is 20.8 Å². The molecule has 0 radical (unpaired) electrons. The van der Waals surface area contributed by atoms with Gasteiger partial charge in [0, 0.05) is 11.5 Å². The average Bonchev–Trinajstić information content (AvgIpc) is 2.28. The number of carbonyl (C=O) groups is 1. The van der Waals surface area contributed by atoms with Crippen LogP contribution in [0.4, 0.5) is 5.69 Å². The first-order valence-electron chi connectivity index (χ1n) is 5.65. The maximum absolute atomic E-state index is 11.7. The van der Waals surface area contributed by atoms with Crippen LogP contribution in [0.2, 0.25) is 0 Å². The van der Waals surface area contributed by atoms with Crippen molar-refractivity contribution in [3.05, 3.63) is 29.3 Å². The van der Waals surface area contributed by atoms with E-state index in [-0.39, 0.29) is 11.8 Å². The zero-order valence-electron chi connectivity index (χ0n) is 10.5. The smallest absolute Gasteiger partial charge is 0.226 e. The molecule has 0 saturated carbocycles. The zero-order chi connectivity index (χ0) is 12.8. The fourth-order valence-corrected chi connectivity index (χ4v) is 1.29. The lowest BCUT2D eigenvalue weighted by Crippen LogP contribution is -2.18. The van der Waals surface area contributed by atoms with Crippen LogP contribution in [0.15, 0.2) is 18.2 Å². The standard InChI is InChI=1S/C14H18N2O/c1-10(2)14(17)16-13-9-11(3)6-7-12(13)5-4-8-15/h6-7,9-10H,8,15H2,1-3H3,(H,16,17). The van der Waals surface area contributed by atoms with Crippen molar-refractivity contribution in [3.63, 3.8) is 0 Å². The first kappa shape index (κ1) is 13.3. The minimum absolute atomic E-state index is 0.00796. The van der Waals surface area contributed by atoms with Gasteiger partial charge in [0.1, 0.15) is 0 Å². The summed E-state index contributed by atoms with van der Waals surface area (Å²) in [6.07, 6.45) is 0. The number of nitrogens with two attached hydrogens (primary N) is 1. The van der Waals surface area contributed by atoms with Gasteiger partial charge in [-0.1, -0.05) is 31.8 Å². The molecule has 0 heterocycles. The van der Waals surface area contributed by atoms with Crippen molar-refractivity contribution in [2.75, 3.05) is 11.9 Å². The number of hydrogen-bond acceptors (Lipinski definition) is 2. The summed E-state index contributed by atoms with van der Waals surface area (Å²) in [5.41, 5.74) is 7.99. The van der Waals surface area contributed by atoms with Gasteiger partial charge in [-0.25, -0.2) is 0 Å². The molecule has 0 bridgehead atoms. The first-order chi connectivity index (χ1) is 8.04. The highest BCUT2D eigenvalue weighted by atomic mass is 16.1. The third kappa shape index (κ3) is 3.93. The summed E-state index contributed by atoms with van der Waals surface area (Å²) in [4.78, 5) is 11.7. The average molecular weight is 230 g/mol. The minimum atomic E-state index is -0.0502. The normalized spacial score (nSPS) is 9.71. The SMILES string of the molecule is Cc1ccc(C#CCN)c(NC(=O)C(C)C)c1. The Balaban J connectivity index is 3.03. The molecular formula is C14H18N2O. The van der Waals surface area contributed by atoms with E-state index in [0.29, 0.717) is 6.54 Å². The highest BCUT2D eigenvalue weighted by Gasteiger charge is 2.09. The third-order valence-corrected chi connectivity index (χ3v) is 2.28. The van der Waals surface area contributed by atoms with Crippen molar-refractivity contribution in [1.82, 2.24) is 0 Å².